The Kier molecular flexibility index (Phi) is 5.60. The summed E-state index contributed by atoms with van der Waals surface area (Å²) >= 11 is 0. The van der Waals surface area contributed by atoms with Gasteiger partial charge >= 0.3 is 12.2 Å². The zero-order chi connectivity index (χ0) is 18.5. The number of carboxylic acid groups (broad SMARTS) is 1. The third kappa shape index (κ3) is 4.25. The quantitative estimate of drug-likeness (QED) is 0.880. The molecule has 1 N–H and O–H groups in total. The third-order valence-electron chi connectivity index (χ3n) is 4.77. The van der Waals surface area contributed by atoms with Crippen LogP contribution in [0.3, 0.4) is 0 Å². The fourth-order valence-corrected chi connectivity index (χ4v) is 3.18. The maximum atomic E-state index is 12.5. The maximum absolute atomic E-state index is 12.5. The minimum absolute atomic E-state index is 0.00986. The second kappa shape index (κ2) is 8.07. The summed E-state index contributed by atoms with van der Waals surface area (Å²) in [6.45, 7) is 2.65. The molecule has 2 aliphatic rings. The van der Waals surface area contributed by atoms with Gasteiger partial charge in [0.25, 0.3) is 0 Å². The van der Waals surface area contributed by atoms with Crippen molar-refractivity contribution in [2.75, 3.05) is 39.3 Å². The van der Waals surface area contributed by atoms with Crippen LogP contribution in [0.1, 0.15) is 12.0 Å². The van der Waals surface area contributed by atoms with E-state index < -0.39 is 12.2 Å². The normalized spacial score (nSPS) is 18.1. The summed E-state index contributed by atoms with van der Waals surface area (Å²) in [7, 11) is 0. The molecule has 0 radical (unpaired) electrons. The third-order valence-corrected chi connectivity index (χ3v) is 4.77. The van der Waals surface area contributed by atoms with Gasteiger partial charge < -0.3 is 24.5 Å². The van der Waals surface area contributed by atoms with Gasteiger partial charge in [-0.1, -0.05) is 30.3 Å². The van der Waals surface area contributed by atoms with E-state index in [-0.39, 0.29) is 18.4 Å². The van der Waals surface area contributed by atoms with Crippen molar-refractivity contribution in [3.63, 3.8) is 0 Å². The standard InChI is InChI=1S/C18H23N3O5/c22-16(19-7-4-8-20(10-9-19)17(23)24)15-11-21(12-15)18(25)26-13-14-5-2-1-3-6-14/h1-3,5-6,15H,4,7-13H2,(H,23,24). The molecule has 1 aromatic carbocycles. The number of nitrogens with zero attached hydrogens (tertiary/aromatic N) is 3. The van der Waals surface area contributed by atoms with Gasteiger partial charge in [0.2, 0.25) is 5.91 Å². The second-order valence-electron chi connectivity index (χ2n) is 6.59. The van der Waals surface area contributed by atoms with Crippen LogP contribution in [0.4, 0.5) is 9.59 Å². The average molecular weight is 361 g/mol. The number of ether oxygens (including phenoxy) is 1. The topological polar surface area (TPSA) is 90.4 Å². The lowest BCUT2D eigenvalue weighted by Gasteiger charge is -2.39. The Morgan fingerprint density at radius 1 is 0.962 bits per heavy atom. The Morgan fingerprint density at radius 2 is 1.62 bits per heavy atom. The predicted octanol–water partition coefficient (Wildman–Crippen LogP) is 1.47. The Balaban J connectivity index is 1.41. The molecule has 3 rings (SSSR count). The molecule has 26 heavy (non-hydrogen) atoms. The van der Waals surface area contributed by atoms with E-state index in [1.807, 2.05) is 30.3 Å². The summed E-state index contributed by atoms with van der Waals surface area (Å²) in [6, 6.07) is 9.43. The van der Waals surface area contributed by atoms with E-state index in [9.17, 15) is 14.4 Å². The van der Waals surface area contributed by atoms with Crippen LogP contribution >= 0.6 is 0 Å². The van der Waals surface area contributed by atoms with Gasteiger partial charge in [-0.25, -0.2) is 9.59 Å². The van der Waals surface area contributed by atoms with Gasteiger partial charge in [-0.15, -0.1) is 0 Å². The number of rotatable bonds is 3. The van der Waals surface area contributed by atoms with E-state index in [4.69, 9.17) is 9.84 Å². The highest BCUT2D eigenvalue weighted by atomic mass is 16.6. The first-order valence-electron chi connectivity index (χ1n) is 8.77. The molecule has 8 nitrogen and oxygen atoms in total. The minimum atomic E-state index is -0.949. The van der Waals surface area contributed by atoms with Crippen LogP contribution in [0.25, 0.3) is 0 Å². The summed E-state index contributed by atoms with van der Waals surface area (Å²) in [6.07, 6.45) is -0.728. The fraction of sp³-hybridized carbons (Fsp3) is 0.500. The molecule has 0 atom stereocenters. The van der Waals surface area contributed by atoms with Crippen molar-refractivity contribution in [3.8, 4) is 0 Å². The van der Waals surface area contributed by atoms with E-state index in [0.717, 1.165) is 5.56 Å². The first-order chi connectivity index (χ1) is 12.5. The molecule has 3 amide bonds. The number of hydrogen-bond acceptors (Lipinski definition) is 4. The molecule has 1 aromatic rings. The summed E-state index contributed by atoms with van der Waals surface area (Å²) in [5.74, 6) is -0.236. The monoisotopic (exact) mass is 361 g/mol. The van der Waals surface area contributed by atoms with Crippen LogP contribution in [0.2, 0.25) is 0 Å². The van der Waals surface area contributed by atoms with Crippen molar-refractivity contribution in [2.24, 2.45) is 5.92 Å². The highest BCUT2D eigenvalue weighted by Crippen LogP contribution is 2.20. The van der Waals surface area contributed by atoms with Gasteiger partial charge in [-0.05, 0) is 12.0 Å². The highest BCUT2D eigenvalue weighted by Gasteiger charge is 2.39. The number of likely N-dealkylation sites (tertiary alicyclic amines) is 1. The van der Waals surface area contributed by atoms with Crippen LogP contribution < -0.4 is 0 Å². The Labute approximate surface area is 151 Å². The van der Waals surface area contributed by atoms with Crippen LogP contribution in [-0.4, -0.2) is 77.2 Å². The maximum Gasteiger partial charge on any atom is 0.410 e. The number of amides is 3. The average Bonchev–Trinajstić information content (AvgIpc) is 2.86. The van der Waals surface area contributed by atoms with E-state index in [1.54, 1.807) is 4.90 Å². The van der Waals surface area contributed by atoms with Crippen molar-refractivity contribution in [3.05, 3.63) is 35.9 Å². The molecule has 2 aliphatic heterocycles. The van der Waals surface area contributed by atoms with Crippen molar-refractivity contribution < 1.29 is 24.2 Å². The summed E-state index contributed by atoms with van der Waals surface area (Å²) in [4.78, 5) is 40.2. The van der Waals surface area contributed by atoms with Crippen LogP contribution in [0.15, 0.2) is 30.3 Å². The first-order valence-corrected chi connectivity index (χ1v) is 8.77. The summed E-state index contributed by atoms with van der Waals surface area (Å²) < 4.78 is 5.26. The number of carbonyl (C=O) groups excluding carboxylic acids is 2. The SMILES string of the molecule is O=C(O)N1CCCN(C(=O)C2CN(C(=O)OCc3ccccc3)C2)CC1. The van der Waals surface area contributed by atoms with Crippen molar-refractivity contribution in [1.82, 2.24) is 14.7 Å². The molecule has 0 aromatic heterocycles. The van der Waals surface area contributed by atoms with E-state index in [1.165, 1.54) is 9.80 Å². The highest BCUT2D eigenvalue weighted by molar-refractivity contribution is 5.82. The van der Waals surface area contributed by atoms with Gasteiger partial charge in [-0.2, -0.15) is 0 Å². The molecule has 2 fully saturated rings. The molecule has 2 saturated heterocycles. The lowest BCUT2D eigenvalue weighted by atomic mass is 9.99. The van der Waals surface area contributed by atoms with Gasteiger partial charge in [0.05, 0.1) is 5.92 Å². The first kappa shape index (κ1) is 18.0. The van der Waals surface area contributed by atoms with E-state index >= 15 is 0 Å². The lowest BCUT2D eigenvalue weighted by molar-refractivity contribution is -0.140. The van der Waals surface area contributed by atoms with E-state index in [2.05, 4.69) is 0 Å². The van der Waals surface area contributed by atoms with Crippen LogP contribution in [0, 0.1) is 5.92 Å². The molecule has 140 valence electrons. The Hall–Kier alpha value is -2.77. The molecule has 0 saturated carbocycles. The van der Waals surface area contributed by atoms with Gasteiger partial charge in [0.15, 0.2) is 0 Å². The fourth-order valence-electron chi connectivity index (χ4n) is 3.18. The largest absolute Gasteiger partial charge is 0.465 e. The Morgan fingerprint density at radius 3 is 2.31 bits per heavy atom. The number of benzene rings is 1. The zero-order valence-electron chi connectivity index (χ0n) is 14.5. The molecule has 0 unspecified atom stereocenters. The number of carbonyl (C=O) groups is 3. The van der Waals surface area contributed by atoms with Crippen molar-refractivity contribution in [2.45, 2.75) is 13.0 Å². The van der Waals surface area contributed by atoms with E-state index in [0.29, 0.717) is 45.7 Å². The summed E-state index contributed by atoms with van der Waals surface area (Å²) in [5, 5.41) is 9.05. The smallest absolute Gasteiger partial charge is 0.410 e. The van der Waals surface area contributed by atoms with Gasteiger partial charge in [0, 0.05) is 39.3 Å². The molecule has 0 aliphatic carbocycles. The van der Waals surface area contributed by atoms with Crippen LogP contribution in [0.5, 0.6) is 0 Å². The lowest BCUT2D eigenvalue weighted by Crippen LogP contribution is -2.56. The van der Waals surface area contributed by atoms with Gasteiger partial charge in [0.1, 0.15) is 6.61 Å². The molecular weight excluding hydrogens is 338 g/mol. The summed E-state index contributed by atoms with van der Waals surface area (Å²) in [5.41, 5.74) is 0.918. The minimum Gasteiger partial charge on any atom is -0.465 e. The van der Waals surface area contributed by atoms with Gasteiger partial charge in [-0.3, -0.25) is 4.79 Å². The zero-order valence-corrected chi connectivity index (χ0v) is 14.5. The predicted molar refractivity (Wildman–Crippen MR) is 92.5 cm³/mol. The van der Waals surface area contributed by atoms with Crippen molar-refractivity contribution in [1.29, 1.82) is 0 Å². The second-order valence-corrected chi connectivity index (χ2v) is 6.59. The molecule has 8 heteroatoms. The molecule has 0 spiro atoms. The molecular formula is C18H23N3O5. The number of hydrogen-bond donors (Lipinski definition) is 1. The van der Waals surface area contributed by atoms with Crippen LogP contribution in [-0.2, 0) is 16.1 Å². The molecule has 0 bridgehead atoms. The molecule has 2 heterocycles. The van der Waals surface area contributed by atoms with Crippen molar-refractivity contribution >= 4 is 18.1 Å². The Bertz CT molecular complexity index is 660.